The Balaban J connectivity index is 1.48. The largest absolute Gasteiger partial charge is 0.390 e. The van der Waals surface area contributed by atoms with Crippen molar-refractivity contribution in [3.8, 4) is 0 Å². The van der Waals surface area contributed by atoms with E-state index in [0.29, 0.717) is 18.7 Å². The number of aromatic nitrogens is 1. The van der Waals surface area contributed by atoms with Gasteiger partial charge in [-0.3, -0.25) is 14.9 Å². The van der Waals surface area contributed by atoms with Crippen molar-refractivity contribution in [2.45, 2.75) is 63.0 Å². The number of nitro groups is 1. The van der Waals surface area contributed by atoms with Gasteiger partial charge in [0.1, 0.15) is 5.54 Å². The molecule has 3 aromatic rings. The van der Waals surface area contributed by atoms with E-state index >= 15 is 0 Å². The minimum absolute atomic E-state index is 0.0888. The summed E-state index contributed by atoms with van der Waals surface area (Å²) in [7, 11) is 0. The highest BCUT2D eigenvalue weighted by molar-refractivity contribution is 5.96. The zero-order chi connectivity index (χ0) is 26.5. The van der Waals surface area contributed by atoms with Crippen molar-refractivity contribution in [3.05, 3.63) is 70.4 Å². The molecule has 0 radical (unpaired) electrons. The van der Waals surface area contributed by atoms with Gasteiger partial charge < -0.3 is 26.0 Å². The molecule has 5 N–H and O–H groups in total. The van der Waals surface area contributed by atoms with E-state index in [0.717, 1.165) is 48.6 Å². The number of H-pyrrole nitrogens is 1. The van der Waals surface area contributed by atoms with Gasteiger partial charge in [0.05, 0.1) is 10.5 Å². The molecule has 10 heteroatoms. The van der Waals surface area contributed by atoms with Gasteiger partial charge in [-0.1, -0.05) is 37.5 Å². The number of aromatic amines is 1. The molecule has 2 aromatic carbocycles. The molecule has 1 aromatic heterocycles. The lowest BCUT2D eigenvalue weighted by molar-refractivity contribution is -0.384. The van der Waals surface area contributed by atoms with E-state index in [4.69, 9.17) is 0 Å². The van der Waals surface area contributed by atoms with Crippen molar-refractivity contribution in [2.75, 3.05) is 11.9 Å². The number of urea groups is 1. The number of benzene rings is 2. The number of nitrogens with one attached hydrogen (secondary N) is 4. The topological polar surface area (TPSA) is 149 Å². The van der Waals surface area contributed by atoms with E-state index in [2.05, 4.69) is 20.9 Å². The van der Waals surface area contributed by atoms with Crippen LogP contribution in [0.15, 0.2) is 54.7 Å². The molecular formula is C27H33N5O5. The highest BCUT2D eigenvalue weighted by Gasteiger charge is 2.37. The Morgan fingerprint density at radius 1 is 1.11 bits per heavy atom. The van der Waals surface area contributed by atoms with Crippen molar-refractivity contribution in [1.29, 1.82) is 0 Å². The molecule has 0 spiro atoms. The number of nitrogens with zero attached hydrogens (tertiary/aromatic N) is 1. The predicted molar refractivity (Wildman–Crippen MR) is 141 cm³/mol. The van der Waals surface area contributed by atoms with E-state index in [9.17, 15) is 24.8 Å². The Morgan fingerprint density at radius 2 is 1.81 bits per heavy atom. The van der Waals surface area contributed by atoms with Crippen LogP contribution in [0.3, 0.4) is 0 Å². The fourth-order valence-electron chi connectivity index (χ4n) is 4.98. The van der Waals surface area contributed by atoms with Crippen LogP contribution in [0.5, 0.6) is 0 Å². The number of non-ortho nitro benzene ring substituents is 1. The summed E-state index contributed by atoms with van der Waals surface area (Å²) < 4.78 is 0. The van der Waals surface area contributed by atoms with Gasteiger partial charge in [-0.15, -0.1) is 0 Å². The second-order valence-electron chi connectivity index (χ2n) is 10.0. The summed E-state index contributed by atoms with van der Waals surface area (Å²) in [6.07, 6.45) is 7.04. The number of para-hydroxylation sites is 1. The molecule has 1 fully saturated rings. The van der Waals surface area contributed by atoms with Crippen LogP contribution in [0, 0.1) is 10.1 Å². The summed E-state index contributed by atoms with van der Waals surface area (Å²) in [5.74, 6) is -0.365. The molecule has 3 amide bonds. The first-order valence-corrected chi connectivity index (χ1v) is 12.6. The molecule has 1 saturated carbocycles. The lowest BCUT2D eigenvalue weighted by Gasteiger charge is -2.33. The minimum Gasteiger partial charge on any atom is -0.390 e. The van der Waals surface area contributed by atoms with Crippen LogP contribution < -0.4 is 16.0 Å². The molecule has 1 aliphatic carbocycles. The first kappa shape index (κ1) is 26.2. The second-order valence-corrected chi connectivity index (χ2v) is 10.0. The second kappa shape index (κ2) is 11.0. The standard InChI is InChI=1S/C27H33N5O5/c1-26(17-19-18-29-23-8-4-3-7-22(19)23,24(33)28-16-15-27(35)13-5-2-6-14-27)31-25(34)30-20-9-11-21(12-10-20)32(36)37/h3-4,7-12,18,29,35H,2,5-6,13-17H2,1H3,(H,28,33)(H2,30,31,34). The van der Waals surface area contributed by atoms with Crippen molar-refractivity contribution in [2.24, 2.45) is 0 Å². The van der Waals surface area contributed by atoms with Crippen molar-refractivity contribution >= 4 is 34.2 Å². The fraction of sp³-hybridized carbons (Fsp3) is 0.407. The Kier molecular flexibility index (Phi) is 7.77. The summed E-state index contributed by atoms with van der Waals surface area (Å²) in [4.78, 5) is 40.0. The average Bonchev–Trinajstić information content (AvgIpc) is 3.27. The van der Waals surface area contributed by atoms with E-state index in [1.807, 2.05) is 30.5 Å². The number of nitro benzene ring substituents is 1. The smallest absolute Gasteiger partial charge is 0.320 e. The van der Waals surface area contributed by atoms with Gasteiger partial charge in [-0.25, -0.2) is 4.79 Å². The van der Waals surface area contributed by atoms with Crippen molar-refractivity contribution in [1.82, 2.24) is 15.6 Å². The fourth-order valence-corrected chi connectivity index (χ4v) is 4.98. The third-order valence-electron chi connectivity index (χ3n) is 7.11. The SMILES string of the molecule is CC(Cc1c[nH]c2ccccc12)(NC(=O)Nc1ccc([N+](=O)[O-])cc1)C(=O)NCCC1(O)CCCCC1. The highest BCUT2D eigenvalue weighted by atomic mass is 16.6. The van der Waals surface area contributed by atoms with Crippen molar-refractivity contribution < 1.29 is 19.6 Å². The number of amides is 3. The molecule has 1 atom stereocenters. The van der Waals surface area contributed by atoms with Crippen LogP contribution in [-0.4, -0.2) is 44.6 Å². The lowest BCUT2D eigenvalue weighted by Crippen LogP contribution is -2.59. The number of fused-ring (bicyclic) bond motifs is 1. The summed E-state index contributed by atoms with van der Waals surface area (Å²) >= 11 is 0. The van der Waals surface area contributed by atoms with Crippen LogP contribution in [-0.2, 0) is 11.2 Å². The van der Waals surface area contributed by atoms with Gasteiger partial charge in [-0.05, 0) is 49.9 Å². The Morgan fingerprint density at radius 3 is 2.51 bits per heavy atom. The quantitative estimate of drug-likeness (QED) is 0.215. The molecule has 0 bridgehead atoms. The molecule has 0 aliphatic heterocycles. The minimum atomic E-state index is -1.31. The van der Waals surface area contributed by atoms with Crippen LogP contribution in [0.1, 0.15) is 51.0 Å². The molecule has 1 unspecified atom stereocenters. The van der Waals surface area contributed by atoms with Gasteiger partial charge >= 0.3 is 6.03 Å². The highest BCUT2D eigenvalue weighted by Crippen LogP contribution is 2.30. The van der Waals surface area contributed by atoms with Gasteiger partial charge in [0.2, 0.25) is 5.91 Å². The number of carbonyl (C=O) groups is 2. The van der Waals surface area contributed by atoms with Crippen molar-refractivity contribution in [3.63, 3.8) is 0 Å². The summed E-state index contributed by atoms with van der Waals surface area (Å²) in [6.45, 7) is 1.96. The Hall–Kier alpha value is -3.92. The third-order valence-corrected chi connectivity index (χ3v) is 7.11. The number of aliphatic hydroxyl groups is 1. The van der Waals surface area contributed by atoms with Gasteiger partial charge in [0, 0.05) is 47.9 Å². The van der Waals surface area contributed by atoms with Gasteiger partial charge in [0.25, 0.3) is 5.69 Å². The molecule has 10 nitrogen and oxygen atoms in total. The maximum absolute atomic E-state index is 13.5. The Bertz CT molecular complexity index is 1270. The normalized spacial score (nSPS) is 16.5. The van der Waals surface area contributed by atoms with E-state index in [-0.39, 0.29) is 18.0 Å². The molecule has 4 rings (SSSR count). The maximum Gasteiger partial charge on any atom is 0.320 e. The number of hydrogen-bond donors (Lipinski definition) is 5. The average molecular weight is 508 g/mol. The molecule has 0 saturated heterocycles. The molecule has 37 heavy (non-hydrogen) atoms. The molecule has 196 valence electrons. The molecular weight excluding hydrogens is 474 g/mol. The van der Waals surface area contributed by atoms with Crippen LogP contribution >= 0.6 is 0 Å². The Labute approximate surface area is 215 Å². The van der Waals surface area contributed by atoms with Crippen LogP contribution in [0.25, 0.3) is 10.9 Å². The predicted octanol–water partition coefficient (Wildman–Crippen LogP) is 4.40. The monoisotopic (exact) mass is 507 g/mol. The summed E-state index contributed by atoms with van der Waals surface area (Å²) in [5.41, 5.74) is -0.0127. The number of anilines is 1. The number of hydrogen-bond acceptors (Lipinski definition) is 5. The number of rotatable bonds is 9. The molecule has 1 aliphatic rings. The zero-order valence-corrected chi connectivity index (χ0v) is 20.9. The van der Waals surface area contributed by atoms with E-state index in [1.165, 1.54) is 24.3 Å². The van der Waals surface area contributed by atoms with Crippen LogP contribution in [0.2, 0.25) is 0 Å². The third kappa shape index (κ3) is 6.45. The van der Waals surface area contributed by atoms with E-state index in [1.54, 1.807) is 6.92 Å². The van der Waals surface area contributed by atoms with Crippen LogP contribution in [0.4, 0.5) is 16.2 Å². The first-order valence-electron chi connectivity index (χ1n) is 12.6. The maximum atomic E-state index is 13.5. The summed E-state index contributed by atoms with van der Waals surface area (Å²) in [5, 5.41) is 31.0. The summed E-state index contributed by atoms with van der Waals surface area (Å²) in [6, 6.07) is 12.6. The first-order chi connectivity index (χ1) is 17.7. The van der Waals surface area contributed by atoms with E-state index < -0.39 is 22.1 Å². The van der Waals surface area contributed by atoms with Gasteiger partial charge in [-0.2, -0.15) is 0 Å². The number of carbonyl (C=O) groups excluding carboxylic acids is 2. The lowest BCUT2D eigenvalue weighted by atomic mass is 9.82. The molecule has 1 heterocycles. The van der Waals surface area contributed by atoms with Gasteiger partial charge in [0.15, 0.2) is 0 Å². The zero-order valence-electron chi connectivity index (χ0n) is 20.9.